The van der Waals surface area contributed by atoms with E-state index in [1.165, 1.54) is 24.5 Å². The zero-order chi connectivity index (χ0) is 21.0. The predicted molar refractivity (Wildman–Crippen MR) is 93.2 cm³/mol. The van der Waals surface area contributed by atoms with Gasteiger partial charge in [-0.05, 0) is 30.3 Å². The zero-order valence-corrected chi connectivity index (χ0v) is 14.2. The summed E-state index contributed by atoms with van der Waals surface area (Å²) in [5.41, 5.74) is 2.73. The summed E-state index contributed by atoms with van der Waals surface area (Å²) in [6, 6.07) is 6.90. The number of anilines is 3. The van der Waals surface area contributed by atoms with Crippen LogP contribution >= 0.6 is 0 Å². The van der Waals surface area contributed by atoms with Crippen molar-refractivity contribution in [2.24, 2.45) is 0 Å². The molecule has 2 aromatic heterocycles. The fourth-order valence-electron chi connectivity index (χ4n) is 2.23. The first-order chi connectivity index (χ1) is 13.8. The minimum absolute atomic E-state index is 0.0588. The van der Waals surface area contributed by atoms with E-state index in [2.05, 4.69) is 26.1 Å². The average Bonchev–Trinajstić information content (AvgIpc) is 3.20. The van der Waals surface area contributed by atoms with Gasteiger partial charge in [-0.25, -0.2) is 9.97 Å². The Bertz CT molecular complexity index is 1040. The molecular weight excluding hydrogens is 397 g/mol. The Kier molecular flexibility index (Phi) is 5.29. The van der Waals surface area contributed by atoms with Gasteiger partial charge in [-0.15, -0.1) is 0 Å². The van der Waals surface area contributed by atoms with Gasteiger partial charge in [-0.1, -0.05) is 6.07 Å². The molecule has 150 valence electrons. The Balaban J connectivity index is 1.85. The van der Waals surface area contributed by atoms with Crippen molar-refractivity contribution in [2.45, 2.75) is 6.18 Å². The van der Waals surface area contributed by atoms with E-state index in [1.807, 2.05) is 0 Å². The molecule has 10 nitrogen and oxygen atoms in total. The lowest BCUT2D eigenvalue weighted by Gasteiger charge is -2.12. The molecule has 3 aromatic rings. The molecule has 0 unspecified atom stereocenters. The number of hydrogen-bond donors (Lipinski definition) is 3. The molecule has 3 N–H and O–H groups in total. The van der Waals surface area contributed by atoms with Gasteiger partial charge in [0.2, 0.25) is 11.6 Å². The number of alkyl halides is 3. The molecule has 0 aliphatic heterocycles. The molecule has 1 amide bonds. The molecule has 0 saturated carbocycles. The third-order valence-electron chi connectivity index (χ3n) is 3.50. The standard InChI is InChI=1S/C16H11F3N6O4/c17-16(18,19)9-3-1-4-10(7-9)22-13-12(25(27)28)14(21-8-20-13)23-24-15(26)11-5-2-6-29-11/h1-8H,(H,24,26)(H2,20,21,22,23). The lowest BCUT2D eigenvalue weighted by molar-refractivity contribution is -0.383. The first-order valence-electron chi connectivity index (χ1n) is 7.79. The molecule has 0 saturated heterocycles. The quantitative estimate of drug-likeness (QED) is 0.417. The van der Waals surface area contributed by atoms with Gasteiger partial charge in [-0.2, -0.15) is 13.2 Å². The Hall–Kier alpha value is -4.16. The zero-order valence-electron chi connectivity index (χ0n) is 14.2. The van der Waals surface area contributed by atoms with E-state index in [4.69, 9.17) is 4.42 Å². The molecule has 0 radical (unpaired) electrons. The Morgan fingerprint density at radius 1 is 1.14 bits per heavy atom. The van der Waals surface area contributed by atoms with Crippen LogP contribution in [0.1, 0.15) is 16.1 Å². The molecule has 0 fully saturated rings. The van der Waals surface area contributed by atoms with Crippen LogP contribution in [0.15, 0.2) is 53.4 Å². The van der Waals surface area contributed by atoms with Crippen LogP contribution in [-0.2, 0) is 6.18 Å². The topological polar surface area (TPSA) is 135 Å². The smallest absolute Gasteiger partial charge is 0.416 e. The molecule has 0 spiro atoms. The van der Waals surface area contributed by atoms with Gasteiger partial charge in [0.05, 0.1) is 16.7 Å². The largest absolute Gasteiger partial charge is 0.459 e. The number of furan rings is 1. The maximum atomic E-state index is 12.9. The minimum atomic E-state index is -4.59. The van der Waals surface area contributed by atoms with E-state index in [1.54, 1.807) is 0 Å². The van der Waals surface area contributed by atoms with Crippen molar-refractivity contribution in [2.75, 3.05) is 10.7 Å². The number of benzene rings is 1. The van der Waals surface area contributed by atoms with Gasteiger partial charge < -0.3 is 9.73 Å². The van der Waals surface area contributed by atoms with Crippen molar-refractivity contribution in [3.63, 3.8) is 0 Å². The average molecular weight is 408 g/mol. The monoisotopic (exact) mass is 408 g/mol. The van der Waals surface area contributed by atoms with Crippen LogP contribution in [0.3, 0.4) is 0 Å². The summed E-state index contributed by atoms with van der Waals surface area (Å²) in [6.45, 7) is 0. The van der Waals surface area contributed by atoms with Gasteiger partial charge in [-0.3, -0.25) is 25.8 Å². The van der Waals surface area contributed by atoms with Crippen LogP contribution in [0.5, 0.6) is 0 Å². The van der Waals surface area contributed by atoms with Crippen molar-refractivity contribution in [1.82, 2.24) is 15.4 Å². The summed E-state index contributed by atoms with van der Waals surface area (Å²) < 4.78 is 43.4. The van der Waals surface area contributed by atoms with Crippen molar-refractivity contribution in [3.8, 4) is 0 Å². The highest BCUT2D eigenvalue weighted by molar-refractivity contribution is 5.92. The summed E-state index contributed by atoms with van der Waals surface area (Å²) in [5.74, 6) is -1.55. The normalized spacial score (nSPS) is 11.0. The summed E-state index contributed by atoms with van der Waals surface area (Å²) in [5, 5.41) is 13.9. The van der Waals surface area contributed by atoms with E-state index >= 15 is 0 Å². The second-order valence-electron chi connectivity index (χ2n) is 5.44. The molecule has 2 heterocycles. The number of carbonyl (C=O) groups excluding carboxylic acids is 1. The lowest BCUT2D eigenvalue weighted by Crippen LogP contribution is -2.30. The number of hydrogen-bond acceptors (Lipinski definition) is 8. The van der Waals surface area contributed by atoms with Crippen LogP contribution < -0.4 is 16.2 Å². The van der Waals surface area contributed by atoms with Crippen LogP contribution in [0.25, 0.3) is 0 Å². The molecule has 29 heavy (non-hydrogen) atoms. The summed E-state index contributed by atoms with van der Waals surface area (Å²) in [4.78, 5) is 29.9. The van der Waals surface area contributed by atoms with E-state index in [9.17, 15) is 28.1 Å². The van der Waals surface area contributed by atoms with Crippen LogP contribution in [0.2, 0.25) is 0 Å². The highest BCUT2D eigenvalue weighted by Crippen LogP contribution is 2.34. The molecule has 0 aliphatic carbocycles. The van der Waals surface area contributed by atoms with Gasteiger partial charge in [0.25, 0.3) is 0 Å². The number of halogens is 3. The van der Waals surface area contributed by atoms with Gasteiger partial charge in [0.15, 0.2) is 5.76 Å². The SMILES string of the molecule is O=C(NNc1ncnc(Nc2cccc(C(F)(F)F)c2)c1[N+](=O)[O-])c1ccco1. The minimum Gasteiger partial charge on any atom is -0.459 e. The Morgan fingerprint density at radius 2 is 1.90 bits per heavy atom. The third-order valence-corrected chi connectivity index (χ3v) is 3.50. The van der Waals surface area contributed by atoms with Crippen molar-refractivity contribution >= 4 is 28.9 Å². The van der Waals surface area contributed by atoms with E-state index in [0.29, 0.717) is 0 Å². The molecule has 13 heteroatoms. The van der Waals surface area contributed by atoms with Crippen molar-refractivity contribution in [3.05, 3.63) is 70.4 Å². The summed E-state index contributed by atoms with van der Waals surface area (Å²) in [7, 11) is 0. The van der Waals surface area contributed by atoms with Crippen LogP contribution in [0, 0.1) is 10.1 Å². The highest BCUT2D eigenvalue weighted by atomic mass is 19.4. The number of amides is 1. The summed E-state index contributed by atoms with van der Waals surface area (Å²) >= 11 is 0. The van der Waals surface area contributed by atoms with Crippen LogP contribution in [0.4, 0.5) is 36.2 Å². The van der Waals surface area contributed by atoms with Crippen molar-refractivity contribution in [1.29, 1.82) is 0 Å². The first kappa shape index (κ1) is 19.6. The van der Waals surface area contributed by atoms with Gasteiger partial charge in [0, 0.05) is 5.69 Å². The van der Waals surface area contributed by atoms with Gasteiger partial charge >= 0.3 is 17.8 Å². The first-order valence-corrected chi connectivity index (χ1v) is 7.79. The second-order valence-corrected chi connectivity index (χ2v) is 5.44. The van der Waals surface area contributed by atoms with E-state index < -0.39 is 28.3 Å². The number of rotatable bonds is 6. The van der Waals surface area contributed by atoms with E-state index in [0.717, 1.165) is 24.5 Å². The molecule has 1 aromatic carbocycles. The Morgan fingerprint density at radius 3 is 2.55 bits per heavy atom. The number of nitrogens with zero attached hydrogens (tertiary/aromatic N) is 3. The maximum absolute atomic E-state index is 12.9. The van der Waals surface area contributed by atoms with Crippen LogP contribution in [-0.4, -0.2) is 20.8 Å². The molecule has 3 rings (SSSR count). The number of aromatic nitrogens is 2. The van der Waals surface area contributed by atoms with Crippen molar-refractivity contribution < 1.29 is 27.3 Å². The Labute approximate surface area is 159 Å². The predicted octanol–water partition coefficient (Wildman–Crippen LogP) is 3.50. The third kappa shape index (κ3) is 4.58. The number of hydrazine groups is 1. The maximum Gasteiger partial charge on any atom is 0.416 e. The van der Waals surface area contributed by atoms with Gasteiger partial charge in [0.1, 0.15) is 6.33 Å². The van der Waals surface area contributed by atoms with E-state index in [-0.39, 0.29) is 23.1 Å². The number of carbonyl (C=O) groups is 1. The molecular formula is C16H11F3N6O4. The highest BCUT2D eigenvalue weighted by Gasteiger charge is 2.31. The number of nitro groups is 1. The molecule has 0 atom stereocenters. The fraction of sp³-hybridized carbons (Fsp3) is 0.0625. The number of nitrogens with one attached hydrogen (secondary N) is 3. The lowest BCUT2D eigenvalue weighted by atomic mass is 10.2. The second kappa shape index (κ2) is 7.84. The fourth-order valence-corrected chi connectivity index (χ4v) is 2.23. The molecule has 0 bridgehead atoms. The molecule has 0 aliphatic rings. The summed E-state index contributed by atoms with van der Waals surface area (Å²) in [6.07, 6.45) is -2.39.